The quantitative estimate of drug-likeness (QED) is 0.504. The predicted molar refractivity (Wildman–Crippen MR) is 141 cm³/mol. The number of halogens is 1. The molecule has 2 aromatic rings. The first-order valence-electron chi connectivity index (χ1n) is 13.1. The fourth-order valence-electron chi connectivity index (χ4n) is 5.90. The van der Waals surface area contributed by atoms with Gasteiger partial charge in [-0.1, -0.05) is 18.2 Å². The first kappa shape index (κ1) is 26.4. The number of hydrogen-bond acceptors (Lipinski definition) is 6. The third-order valence-electron chi connectivity index (χ3n) is 8.16. The number of ether oxygens (including phenoxy) is 2. The summed E-state index contributed by atoms with van der Waals surface area (Å²) in [6.07, 6.45) is 2.34. The van der Waals surface area contributed by atoms with Gasteiger partial charge in [0.15, 0.2) is 0 Å². The molecule has 0 amide bonds. The Morgan fingerprint density at radius 2 is 1.75 bits per heavy atom. The van der Waals surface area contributed by atoms with Crippen molar-refractivity contribution in [3.05, 3.63) is 58.9 Å². The zero-order chi connectivity index (χ0) is 25.7. The monoisotopic (exact) mass is 497 g/mol. The minimum absolute atomic E-state index is 0.142. The van der Waals surface area contributed by atoms with Crippen molar-refractivity contribution in [3.63, 3.8) is 0 Å². The van der Waals surface area contributed by atoms with E-state index in [1.807, 2.05) is 12.1 Å². The van der Waals surface area contributed by atoms with Crippen LogP contribution in [0.5, 0.6) is 5.75 Å². The highest BCUT2D eigenvalue weighted by atomic mass is 19.1. The van der Waals surface area contributed by atoms with E-state index >= 15 is 0 Å². The van der Waals surface area contributed by atoms with Gasteiger partial charge in [0.05, 0.1) is 19.9 Å². The summed E-state index contributed by atoms with van der Waals surface area (Å²) in [7, 11) is 3.18. The molecule has 2 saturated heterocycles. The average molecular weight is 498 g/mol. The standard InChI is InChI=1S/C29H40FN3O3/c1-21-22(2)28(35-3)11-9-23(21)19-31-14-13-26(24(20-31)10-12-29(34)36-4)32-15-17-33(18-16-32)27-8-6-5-7-25(27)30/h5-9,11,24,26H,10,12-20H2,1-4H3/t24-,26+/m1/s1. The van der Waals surface area contributed by atoms with Crippen molar-refractivity contribution >= 4 is 11.7 Å². The molecular weight excluding hydrogens is 457 g/mol. The lowest BCUT2D eigenvalue weighted by Gasteiger charge is -2.47. The summed E-state index contributed by atoms with van der Waals surface area (Å²) >= 11 is 0. The van der Waals surface area contributed by atoms with Crippen molar-refractivity contribution in [2.45, 2.75) is 45.7 Å². The van der Waals surface area contributed by atoms with E-state index in [-0.39, 0.29) is 11.8 Å². The summed E-state index contributed by atoms with van der Waals surface area (Å²) in [5, 5.41) is 0. The van der Waals surface area contributed by atoms with E-state index in [4.69, 9.17) is 9.47 Å². The third kappa shape index (κ3) is 6.01. The second-order valence-corrected chi connectivity index (χ2v) is 10.1. The third-order valence-corrected chi connectivity index (χ3v) is 8.16. The second kappa shape index (κ2) is 12.1. The molecule has 2 heterocycles. The lowest BCUT2D eigenvalue weighted by Crippen LogP contribution is -2.56. The summed E-state index contributed by atoms with van der Waals surface area (Å²) in [5.74, 6) is 1.02. The highest BCUT2D eigenvalue weighted by Gasteiger charge is 2.35. The van der Waals surface area contributed by atoms with Crippen molar-refractivity contribution in [1.29, 1.82) is 0 Å². The molecule has 2 atom stereocenters. The smallest absolute Gasteiger partial charge is 0.305 e. The molecule has 0 unspecified atom stereocenters. The Balaban J connectivity index is 1.42. The molecule has 2 aliphatic rings. The van der Waals surface area contributed by atoms with Crippen LogP contribution in [0.2, 0.25) is 0 Å². The minimum atomic E-state index is -0.153. The molecule has 2 aliphatic heterocycles. The maximum Gasteiger partial charge on any atom is 0.305 e. The maximum absolute atomic E-state index is 14.3. The first-order valence-corrected chi connectivity index (χ1v) is 13.1. The zero-order valence-electron chi connectivity index (χ0n) is 22.1. The van der Waals surface area contributed by atoms with E-state index in [1.165, 1.54) is 29.9 Å². The fraction of sp³-hybridized carbons (Fsp3) is 0.552. The minimum Gasteiger partial charge on any atom is -0.496 e. The number of likely N-dealkylation sites (tertiary alicyclic amines) is 1. The molecule has 7 heteroatoms. The number of piperidine rings is 1. The lowest BCUT2D eigenvalue weighted by atomic mass is 9.86. The molecule has 0 saturated carbocycles. The Bertz CT molecular complexity index is 1040. The van der Waals surface area contributed by atoms with Gasteiger partial charge in [-0.15, -0.1) is 0 Å². The van der Waals surface area contributed by atoms with Gasteiger partial charge >= 0.3 is 5.97 Å². The summed E-state index contributed by atoms with van der Waals surface area (Å²) in [6, 6.07) is 11.7. The molecule has 0 N–H and O–H groups in total. The highest BCUT2D eigenvalue weighted by molar-refractivity contribution is 5.69. The molecule has 4 rings (SSSR count). The number of carbonyl (C=O) groups excluding carboxylic acids is 1. The van der Waals surface area contributed by atoms with E-state index in [1.54, 1.807) is 13.2 Å². The Labute approximate surface area is 215 Å². The molecule has 2 aromatic carbocycles. The number of methoxy groups -OCH3 is 2. The van der Waals surface area contributed by atoms with Gasteiger partial charge in [-0.2, -0.15) is 0 Å². The van der Waals surface area contributed by atoms with Crippen LogP contribution in [0.3, 0.4) is 0 Å². The molecule has 196 valence electrons. The molecule has 2 fully saturated rings. The number of anilines is 1. The van der Waals surface area contributed by atoms with Crippen LogP contribution in [0.1, 0.15) is 36.0 Å². The molecule has 0 aliphatic carbocycles. The molecule has 0 bridgehead atoms. The molecule has 6 nitrogen and oxygen atoms in total. The Kier molecular flexibility index (Phi) is 8.86. The SMILES string of the molecule is COC(=O)CC[C@@H]1CN(Cc2ccc(OC)c(C)c2C)CC[C@@H]1N1CCN(c2ccccc2F)CC1. The molecule has 0 radical (unpaired) electrons. The summed E-state index contributed by atoms with van der Waals surface area (Å²) in [4.78, 5) is 19.2. The summed E-state index contributed by atoms with van der Waals surface area (Å²) < 4.78 is 24.7. The highest BCUT2D eigenvalue weighted by Crippen LogP contribution is 2.31. The van der Waals surface area contributed by atoms with Gasteiger partial charge in [-0.25, -0.2) is 4.39 Å². The predicted octanol–water partition coefficient (Wildman–Crippen LogP) is 4.42. The Hall–Kier alpha value is -2.64. The van der Waals surface area contributed by atoms with Crippen molar-refractivity contribution in [2.24, 2.45) is 5.92 Å². The molecular formula is C29H40FN3O3. The van der Waals surface area contributed by atoms with Crippen LogP contribution < -0.4 is 9.64 Å². The van der Waals surface area contributed by atoms with Crippen LogP contribution in [-0.4, -0.2) is 75.3 Å². The van der Waals surface area contributed by atoms with Crippen molar-refractivity contribution in [3.8, 4) is 5.75 Å². The zero-order valence-corrected chi connectivity index (χ0v) is 22.1. The van der Waals surface area contributed by atoms with Crippen LogP contribution in [0.25, 0.3) is 0 Å². The van der Waals surface area contributed by atoms with Crippen LogP contribution in [0, 0.1) is 25.6 Å². The van der Waals surface area contributed by atoms with E-state index < -0.39 is 0 Å². The number of para-hydroxylation sites is 1. The number of esters is 1. The second-order valence-electron chi connectivity index (χ2n) is 10.1. The van der Waals surface area contributed by atoms with Gasteiger partial charge in [-0.3, -0.25) is 14.6 Å². The van der Waals surface area contributed by atoms with Gasteiger partial charge < -0.3 is 14.4 Å². The summed E-state index contributed by atoms with van der Waals surface area (Å²) in [5.41, 5.74) is 4.50. The topological polar surface area (TPSA) is 45.2 Å². The van der Waals surface area contributed by atoms with Gasteiger partial charge in [0.25, 0.3) is 0 Å². The van der Waals surface area contributed by atoms with Crippen molar-refractivity contribution in [1.82, 2.24) is 9.80 Å². The normalized spacial score (nSPS) is 21.4. The van der Waals surface area contributed by atoms with E-state index in [2.05, 4.69) is 40.7 Å². The van der Waals surface area contributed by atoms with Crippen LogP contribution >= 0.6 is 0 Å². The number of nitrogens with zero attached hydrogens (tertiary/aromatic N) is 3. The number of piperazine rings is 1. The van der Waals surface area contributed by atoms with E-state index in [0.29, 0.717) is 24.1 Å². The number of carbonyl (C=O) groups is 1. The average Bonchev–Trinajstić information content (AvgIpc) is 2.90. The first-order chi connectivity index (χ1) is 17.4. The van der Waals surface area contributed by atoms with Gasteiger partial charge in [0.2, 0.25) is 0 Å². The molecule has 0 spiro atoms. The van der Waals surface area contributed by atoms with Gasteiger partial charge in [-0.05, 0) is 74.0 Å². The molecule has 36 heavy (non-hydrogen) atoms. The largest absolute Gasteiger partial charge is 0.496 e. The number of benzene rings is 2. The Morgan fingerprint density at radius 3 is 2.44 bits per heavy atom. The van der Waals surface area contributed by atoms with Gasteiger partial charge in [0.1, 0.15) is 11.6 Å². The number of rotatable bonds is 8. The van der Waals surface area contributed by atoms with Crippen molar-refractivity contribution < 1.29 is 18.7 Å². The number of hydrogen-bond donors (Lipinski definition) is 0. The van der Waals surface area contributed by atoms with E-state index in [0.717, 1.165) is 64.4 Å². The van der Waals surface area contributed by atoms with Crippen LogP contribution in [0.15, 0.2) is 36.4 Å². The fourth-order valence-corrected chi connectivity index (χ4v) is 5.90. The maximum atomic E-state index is 14.3. The Morgan fingerprint density at radius 1 is 1.00 bits per heavy atom. The van der Waals surface area contributed by atoms with Gasteiger partial charge in [0, 0.05) is 51.7 Å². The van der Waals surface area contributed by atoms with E-state index in [9.17, 15) is 9.18 Å². The molecule has 0 aromatic heterocycles. The van der Waals surface area contributed by atoms with Crippen LogP contribution in [-0.2, 0) is 16.1 Å². The summed E-state index contributed by atoms with van der Waals surface area (Å²) in [6.45, 7) is 10.6. The van der Waals surface area contributed by atoms with Crippen LogP contribution in [0.4, 0.5) is 10.1 Å². The lowest BCUT2D eigenvalue weighted by molar-refractivity contribution is -0.141. The van der Waals surface area contributed by atoms with Crippen molar-refractivity contribution in [2.75, 3.05) is 58.4 Å².